The lowest BCUT2D eigenvalue weighted by Crippen LogP contribution is -2.47. The smallest absolute Gasteiger partial charge is 0.276 e. The molecular formula is C17H19FN4O3. The minimum Gasteiger partial charge on any atom is -0.495 e. The van der Waals surface area contributed by atoms with E-state index in [2.05, 4.69) is 9.88 Å². The van der Waals surface area contributed by atoms with Crippen molar-refractivity contribution in [1.82, 2.24) is 10.5 Å². The molecule has 3 rings (SSSR count). The van der Waals surface area contributed by atoms with E-state index in [1.807, 2.05) is 29.2 Å². The number of rotatable bonds is 4. The van der Waals surface area contributed by atoms with Gasteiger partial charge < -0.3 is 14.5 Å². The highest BCUT2D eigenvalue weighted by Crippen LogP contribution is 2.29. The van der Waals surface area contributed by atoms with Crippen molar-refractivity contribution in [1.29, 1.82) is 0 Å². The fourth-order valence-electron chi connectivity index (χ4n) is 2.90. The van der Waals surface area contributed by atoms with Gasteiger partial charge in [0, 0.05) is 32.4 Å². The van der Waals surface area contributed by atoms with Gasteiger partial charge >= 0.3 is 0 Å². The maximum absolute atomic E-state index is 14.3. The Morgan fingerprint density at radius 3 is 2.56 bits per heavy atom. The molecule has 25 heavy (non-hydrogen) atoms. The number of halogens is 1. The number of hydrogen-bond acceptors (Lipinski definition) is 6. The van der Waals surface area contributed by atoms with Crippen LogP contribution in [0.5, 0.6) is 5.75 Å². The zero-order valence-corrected chi connectivity index (χ0v) is 13.8. The number of aromatic nitrogens is 1. The Kier molecular flexibility index (Phi) is 4.99. The normalized spacial score (nSPS) is 14.4. The number of benzene rings is 1. The first-order valence-corrected chi connectivity index (χ1v) is 7.87. The number of carbonyl (C=O) groups is 1. The molecule has 1 aliphatic heterocycles. The van der Waals surface area contributed by atoms with Crippen molar-refractivity contribution in [3.8, 4) is 5.75 Å². The predicted molar refractivity (Wildman–Crippen MR) is 90.9 cm³/mol. The Balaban J connectivity index is 1.71. The van der Waals surface area contributed by atoms with E-state index in [4.69, 9.17) is 9.94 Å². The molecule has 7 nitrogen and oxygen atoms in total. The van der Waals surface area contributed by atoms with E-state index in [-0.39, 0.29) is 11.4 Å². The number of nitrogens with zero attached hydrogens (tertiary/aromatic N) is 3. The number of hydroxylamine groups is 1. The molecule has 132 valence electrons. The molecule has 1 saturated heterocycles. The molecule has 1 aromatic carbocycles. The number of nitrogens with one attached hydrogen (secondary N) is 1. The third-order valence-electron chi connectivity index (χ3n) is 4.19. The van der Waals surface area contributed by atoms with Gasteiger partial charge in [0.15, 0.2) is 11.6 Å². The highest BCUT2D eigenvalue weighted by atomic mass is 19.1. The topological polar surface area (TPSA) is 77.9 Å². The average Bonchev–Trinajstić information content (AvgIpc) is 2.67. The number of hydrogen-bond donors (Lipinski definition) is 2. The Bertz CT molecular complexity index is 763. The van der Waals surface area contributed by atoms with Crippen molar-refractivity contribution in [3.05, 3.63) is 47.9 Å². The van der Waals surface area contributed by atoms with Crippen LogP contribution in [-0.4, -0.2) is 49.4 Å². The molecule has 1 fully saturated rings. The van der Waals surface area contributed by atoms with Crippen molar-refractivity contribution in [3.63, 3.8) is 0 Å². The molecule has 0 unspecified atom stereocenters. The molecule has 0 saturated carbocycles. The molecule has 2 heterocycles. The molecule has 0 aliphatic carbocycles. The fraction of sp³-hybridized carbons (Fsp3) is 0.294. The van der Waals surface area contributed by atoms with E-state index in [0.29, 0.717) is 26.2 Å². The summed E-state index contributed by atoms with van der Waals surface area (Å²) in [5.74, 6) is -0.375. The molecule has 1 aromatic heterocycles. The maximum atomic E-state index is 14.3. The second kappa shape index (κ2) is 7.35. The molecule has 1 aliphatic rings. The van der Waals surface area contributed by atoms with Crippen molar-refractivity contribution >= 4 is 17.4 Å². The average molecular weight is 346 g/mol. The van der Waals surface area contributed by atoms with E-state index >= 15 is 0 Å². The van der Waals surface area contributed by atoms with Gasteiger partial charge in [0.25, 0.3) is 5.91 Å². The van der Waals surface area contributed by atoms with E-state index in [1.54, 1.807) is 7.11 Å². The van der Waals surface area contributed by atoms with E-state index in [0.717, 1.165) is 17.5 Å². The molecule has 8 heteroatoms. The highest BCUT2D eigenvalue weighted by molar-refractivity contribution is 5.93. The number of piperazine rings is 1. The van der Waals surface area contributed by atoms with Gasteiger partial charge in [-0.1, -0.05) is 12.1 Å². The fourth-order valence-corrected chi connectivity index (χ4v) is 2.90. The lowest BCUT2D eigenvalue weighted by atomic mass is 10.2. The van der Waals surface area contributed by atoms with Crippen molar-refractivity contribution in [2.24, 2.45) is 0 Å². The summed E-state index contributed by atoms with van der Waals surface area (Å²) < 4.78 is 19.7. The van der Waals surface area contributed by atoms with E-state index in [1.165, 1.54) is 11.7 Å². The van der Waals surface area contributed by atoms with Crippen LogP contribution < -0.4 is 20.0 Å². The van der Waals surface area contributed by atoms with Crippen LogP contribution in [0.2, 0.25) is 0 Å². The zero-order valence-electron chi connectivity index (χ0n) is 13.8. The molecule has 1 amide bonds. The van der Waals surface area contributed by atoms with Gasteiger partial charge in [-0.3, -0.25) is 10.0 Å². The summed E-state index contributed by atoms with van der Waals surface area (Å²) in [6.07, 6.45) is 1.25. The molecular weight excluding hydrogens is 327 g/mol. The largest absolute Gasteiger partial charge is 0.495 e. The summed E-state index contributed by atoms with van der Waals surface area (Å²) in [7, 11) is 1.64. The summed E-state index contributed by atoms with van der Waals surface area (Å²) >= 11 is 0. The van der Waals surface area contributed by atoms with Crippen LogP contribution in [0.4, 0.5) is 15.9 Å². The molecule has 0 spiro atoms. The molecule has 0 radical (unpaired) electrons. The second-order valence-electron chi connectivity index (χ2n) is 5.62. The lowest BCUT2D eigenvalue weighted by Gasteiger charge is -2.37. The third kappa shape index (κ3) is 3.48. The van der Waals surface area contributed by atoms with Crippen LogP contribution in [0, 0.1) is 5.82 Å². The first kappa shape index (κ1) is 17.0. The third-order valence-corrected chi connectivity index (χ3v) is 4.19. The number of para-hydroxylation sites is 2. The van der Waals surface area contributed by atoms with Gasteiger partial charge in [-0.25, -0.2) is 14.9 Å². The molecule has 2 N–H and O–H groups in total. The van der Waals surface area contributed by atoms with Crippen molar-refractivity contribution in [2.75, 3.05) is 43.1 Å². The number of pyridine rings is 1. The lowest BCUT2D eigenvalue weighted by molar-refractivity contribution is 0.0705. The Hall–Kier alpha value is -2.87. The van der Waals surface area contributed by atoms with Crippen LogP contribution in [0.1, 0.15) is 10.4 Å². The van der Waals surface area contributed by atoms with E-state index < -0.39 is 11.7 Å². The van der Waals surface area contributed by atoms with Gasteiger partial charge in [-0.15, -0.1) is 0 Å². The predicted octanol–water partition coefficient (Wildman–Crippen LogP) is 1.67. The molecule has 0 bridgehead atoms. The maximum Gasteiger partial charge on any atom is 0.276 e. The number of anilines is 2. The summed E-state index contributed by atoms with van der Waals surface area (Å²) in [5, 5.41) is 8.60. The van der Waals surface area contributed by atoms with Crippen LogP contribution in [0.25, 0.3) is 0 Å². The standard InChI is InChI=1S/C17H19FN4O3/c1-25-15-5-3-2-4-14(15)21-6-8-22(9-7-21)16-13(18)10-12(11-19-16)17(23)20-24/h2-5,10-11,24H,6-9H2,1H3,(H,20,23). The van der Waals surface area contributed by atoms with Crippen LogP contribution >= 0.6 is 0 Å². The number of amides is 1. The summed E-state index contributed by atoms with van der Waals surface area (Å²) in [5.41, 5.74) is 2.44. The number of methoxy groups -OCH3 is 1. The Labute approximate surface area is 144 Å². The van der Waals surface area contributed by atoms with Gasteiger partial charge in [0.05, 0.1) is 18.4 Å². The molecule has 2 aromatic rings. The molecule has 0 atom stereocenters. The second-order valence-corrected chi connectivity index (χ2v) is 5.62. The summed E-state index contributed by atoms with van der Waals surface area (Å²) in [4.78, 5) is 19.4. The first-order valence-electron chi connectivity index (χ1n) is 7.87. The van der Waals surface area contributed by atoms with Gasteiger partial charge in [0.1, 0.15) is 5.75 Å². The van der Waals surface area contributed by atoms with Crippen molar-refractivity contribution < 1.29 is 19.1 Å². The minimum absolute atomic E-state index is 0.0311. The quantitative estimate of drug-likeness (QED) is 0.648. The SMILES string of the molecule is COc1ccccc1N1CCN(c2ncc(C(=O)NO)cc2F)CC1. The van der Waals surface area contributed by atoms with Crippen LogP contribution in [0.3, 0.4) is 0 Å². The highest BCUT2D eigenvalue weighted by Gasteiger charge is 2.23. The van der Waals surface area contributed by atoms with Gasteiger partial charge in [-0.2, -0.15) is 0 Å². The van der Waals surface area contributed by atoms with Crippen LogP contribution in [0.15, 0.2) is 36.5 Å². The zero-order chi connectivity index (χ0) is 17.8. The Morgan fingerprint density at radius 2 is 1.92 bits per heavy atom. The summed E-state index contributed by atoms with van der Waals surface area (Å²) in [6.45, 7) is 2.57. The van der Waals surface area contributed by atoms with Crippen LogP contribution in [-0.2, 0) is 0 Å². The first-order chi connectivity index (χ1) is 12.1. The van der Waals surface area contributed by atoms with E-state index in [9.17, 15) is 9.18 Å². The number of carbonyl (C=O) groups excluding carboxylic acids is 1. The Morgan fingerprint density at radius 1 is 1.24 bits per heavy atom. The number of ether oxygens (including phenoxy) is 1. The van der Waals surface area contributed by atoms with Crippen molar-refractivity contribution in [2.45, 2.75) is 0 Å². The summed E-state index contributed by atoms with van der Waals surface area (Å²) in [6, 6.07) is 8.85. The van der Waals surface area contributed by atoms with Gasteiger partial charge in [0.2, 0.25) is 0 Å². The monoisotopic (exact) mass is 346 g/mol. The minimum atomic E-state index is -0.793. The van der Waals surface area contributed by atoms with Gasteiger partial charge in [-0.05, 0) is 18.2 Å².